The molecule has 0 bridgehead atoms. The third-order valence-electron chi connectivity index (χ3n) is 2.21. The number of esters is 1. The number of aromatic hydroxyl groups is 1. The normalized spacial score (nSPS) is 9.94. The SMILES string of the molecule is CCOC(=O)CN(C)C(=O)c1cc(Cl)ccc1O. The highest BCUT2D eigenvalue weighted by Gasteiger charge is 2.18. The molecule has 18 heavy (non-hydrogen) atoms. The molecule has 1 aromatic carbocycles. The van der Waals surface area contributed by atoms with E-state index in [0.717, 1.165) is 4.90 Å². The van der Waals surface area contributed by atoms with Crippen molar-refractivity contribution < 1.29 is 19.4 Å². The van der Waals surface area contributed by atoms with Gasteiger partial charge in [0.15, 0.2) is 0 Å². The molecular formula is C12H14ClNO4. The van der Waals surface area contributed by atoms with Gasteiger partial charge in [-0.1, -0.05) is 11.6 Å². The second-order valence-electron chi connectivity index (χ2n) is 3.63. The van der Waals surface area contributed by atoms with Crippen molar-refractivity contribution in [2.45, 2.75) is 6.92 Å². The summed E-state index contributed by atoms with van der Waals surface area (Å²) in [4.78, 5) is 24.3. The fourth-order valence-corrected chi connectivity index (χ4v) is 1.53. The van der Waals surface area contributed by atoms with E-state index in [-0.39, 0.29) is 24.5 Å². The molecule has 1 rings (SSSR count). The Morgan fingerprint density at radius 1 is 1.44 bits per heavy atom. The van der Waals surface area contributed by atoms with Crippen LogP contribution in [-0.4, -0.2) is 42.1 Å². The van der Waals surface area contributed by atoms with Crippen molar-refractivity contribution in [1.82, 2.24) is 4.90 Å². The molecule has 6 heteroatoms. The van der Waals surface area contributed by atoms with Crippen LogP contribution < -0.4 is 0 Å². The number of carbonyl (C=O) groups excluding carboxylic acids is 2. The van der Waals surface area contributed by atoms with Crippen molar-refractivity contribution in [3.8, 4) is 5.75 Å². The molecule has 0 aliphatic heterocycles. The fraction of sp³-hybridized carbons (Fsp3) is 0.333. The number of amides is 1. The molecule has 0 aromatic heterocycles. The quantitative estimate of drug-likeness (QED) is 0.846. The molecule has 1 N–H and O–H groups in total. The van der Waals surface area contributed by atoms with Gasteiger partial charge in [-0.2, -0.15) is 0 Å². The molecule has 0 spiro atoms. The zero-order chi connectivity index (χ0) is 13.7. The summed E-state index contributed by atoms with van der Waals surface area (Å²) in [6, 6.07) is 4.15. The number of halogens is 1. The summed E-state index contributed by atoms with van der Waals surface area (Å²) in [5, 5.41) is 9.90. The summed E-state index contributed by atoms with van der Waals surface area (Å²) < 4.78 is 4.73. The second kappa shape index (κ2) is 6.26. The number of likely N-dealkylation sites (N-methyl/N-ethyl adjacent to an activating group) is 1. The first-order valence-electron chi connectivity index (χ1n) is 5.35. The lowest BCUT2D eigenvalue weighted by atomic mass is 10.2. The Morgan fingerprint density at radius 3 is 2.72 bits per heavy atom. The summed E-state index contributed by atoms with van der Waals surface area (Å²) in [6.45, 7) is 1.75. The van der Waals surface area contributed by atoms with E-state index in [4.69, 9.17) is 16.3 Å². The van der Waals surface area contributed by atoms with Crippen molar-refractivity contribution in [2.24, 2.45) is 0 Å². The summed E-state index contributed by atoms with van der Waals surface area (Å²) in [6.07, 6.45) is 0. The highest BCUT2D eigenvalue weighted by Crippen LogP contribution is 2.22. The minimum Gasteiger partial charge on any atom is -0.507 e. The molecule has 0 saturated carbocycles. The zero-order valence-electron chi connectivity index (χ0n) is 10.1. The van der Waals surface area contributed by atoms with Gasteiger partial charge in [-0.05, 0) is 25.1 Å². The zero-order valence-corrected chi connectivity index (χ0v) is 10.9. The maximum Gasteiger partial charge on any atom is 0.325 e. The van der Waals surface area contributed by atoms with Crippen LogP contribution in [0.2, 0.25) is 5.02 Å². The van der Waals surface area contributed by atoms with E-state index in [1.807, 2.05) is 0 Å². The fourth-order valence-electron chi connectivity index (χ4n) is 1.36. The van der Waals surface area contributed by atoms with Crippen LogP contribution in [0, 0.1) is 0 Å². The van der Waals surface area contributed by atoms with E-state index < -0.39 is 11.9 Å². The van der Waals surface area contributed by atoms with Crippen molar-refractivity contribution in [1.29, 1.82) is 0 Å². The van der Waals surface area contributed by atoms with E-state index in [9.17, 15) is 14.7 Å². The van der Waals surface area contributed by atoms with Crippen LogP contribution in [0.25, 0.3) is 0 Å². The van der Waals surface area contributed by atoms with Crippen LogP contribution in [0.4, 0.5) is 0 Å². The Labute approximate surface area is 110 Å². The van der Waals surface area contributed by atoms with Gasteiger partial charge in [-0.3, -0.25) is 9.59 Å². The highest BCUT2D eigenvalue weighted by atomic mass is 35.5. The van der Waals surface area contributed by atoms with Crippen molar-refractivity contribution in [3.05, 3.63) is 28.8 Å². The minimum absolute atomic E-state index is 0.0503. The Bertz CT molecular complexity index is 461. The molecule has 0 radical (unpaired) electrons. The van der Waals surface area contributed by atoms with Gasteiger partial charge < -0.3 is 14.7 Å². The van der Waals surface area contributed by atoms with Crippen molar-refractivity contribution >= 4 is 23.5 Å². The first kappa shape index (κ1) is 14.3. The third kappa shape index (κ3) is 3.63. The lowest BCUT2D eigenvalue weighted by Crippen LogP contribution is -2.33. The number of carbonyl (C=O) groups is 2. The molecule has 98 valence electrons. The van der Waals surface area contributed by atoms with Crippen LogP contribution in [0.15, 0.2) is 18.2 Å². The number of rotatable bonds is 4. The molecule has 0 aliphatic carbocycles. The number of nitrogens with zero attached hydrogens (tertiary/aromatic N) is 1. The molecule has 0 aliphatic rings. The first-order chi connectivity index (χ1) is 8.45. The van der Waals surface area contributed by atoms with E-state index >= 15 is 0 Å². The summed E-state index contributed by atoms with van der Waals surface area (Å²) >= 11 is 5.75. The van der Waals surface area contributed by atoms with Gasteiger partial charge in [-0.15, -0.1) is 0 Å². The molecular weight excluding hydrogens is 258 g/mol. The van der Waals surface area contributed by atoms with Gasteiger partial charge in [0.25, 0.3) is 5.91 Å². The van der Waals surface area contributed by atoms with Crippen LogP contribution in [0.3, 0.4) is 0 Å². The third-order valence-corrected chi connectivity index (χ3v) is 2.44. The summed E-state index contributed by atoms with van der Waals surface area (Å²) in [7, 11) is 1.44. The Balaban J connectivity index is 2.80. The molecule has 0 fully saturated rings. The molecule has 0 saturated heterocycles. The van der Waals surface area contributed by atoms with E-state index in [1.165, 1.54) is 25.2 Å². The predicted molar refractivity (Wildman–Crippen MR) is 66.7 cm³/mol. The molecule has 0 atom stereocenters. The lowest BCUT2D eigenvalue weighted by molar-refractivity contribution is -0.143. The number of phenolic OH excluding ortho intramolecular Hbond substituents is 1. The van der Waals surface area contributed by atoms with E-state index in [0.29, 0.717) is 5.02 Å². The number of phenols is 1. The maximum atomic E-state index is 12.0. The summed E-state index contributed by atoms with van der Waals surface area (Å²) in [5.74, 6) is -1.18. The monoisotopic (exact) mass is 271 g/mol. The average Bonchev–Trinajstić information content (AvgIpc) is 2.31. The Kier molecular flexibility index (Phi) is 4.97. The van der Waals surface area contributed by atoms with Gasteiger partial charge in [0, 0.05) is 12.1 Å². The van der Waals surface area contributed by atoms with Gasteiger partial charge >= 0.3 is 5.97 Å². The van der Waals surface area contributed by atoms with Gasteiger partial charge in [0.1, 0.15) is 12.3 Å². The highest BCUT2D eigenvalue weighted by molar-refractivity contribution is 6.31. The Hall–Kier alpha value is -1.75. The molecule has 1 aromatic rings. The maximum absolute atomic E-state index is 12.0. The number of hydrogen-bond donors (Lipinski definition) is 1. The Morgan fingerprint density at radius 2 is 2.11 bits per heavy atom. The van der Waals surface area contributed by atoms with Crippen molar-refractivity contribution in [3.63, 3.8) is 0 Å². The minimum atomic E-state index is -0.505. The molecule has 0 heterocycles. The van der Waals surface area contributed by atoms with E-state index in [2.05, 4.69) is 0 Å². The lowest BCUT2D eigenvalue weighted by Gasteiger charge is -2.16. The number of ether oxygens (including phenoxy) is 1. The molecule has 0 unspecified atom stereocenters. The van der Waals surface area contributed by atoms with Crippen LogP contribution in [0.1, 0.15) is 17.3 Å². The average molecular weight is 272 g/mol. The summed E-state index contributed by atoms with van der Waals surface area (Å²) in [5.41, 5.74) is 0.0503. The van der Waals surface area contributed by atoms with Crippen molar-refractivity contribution in [2.75, 3.05) is 20.2 Å². The van der Waals surface area contributed by atoms with E-state index in [1.54, 1.807) is 6.92 Å². The topological polar surface area (TPSA) is 66.8 Å². The van der Waals surface area contributed by atoms with Gasteiger partial charge in [-0.25, -0.2) is 0 Å². The second-order valence-corrected chi connectivity index (χ2v) is 4.06. The molecule has 1 amide bonds. The predicted octanol–water partition coefficient (Wildman–Crippen LogP) is 1.68. The van der Waals surface area contributed by atoms with Gasteiger partial charge in [0.05, 0.1) is 12.2 Å². The van der Waals surface area contributed by atoms with Crippen LogP contribution in [0.5, 0.6) is 5.75 Å². The first-order valence-corrected chi connectivity index (χ1v) is 5.73. The largest absolute Gasteiger partial charge is 0.507 e. The van der Waals surface area contributed by atoms with Crippen LogP contribution in [-0.2, 0) is 9.53 Å². The smallest absolute Gasteiger partial charge is 0.325 e. The van der Waals surface area contributed by atoms with Crippen LogP contribution >= 0.6 is 11.6 Å². The number of benzene rings is 1. The standard InChI is InChI=1S/C12H14ClNO4/c1-3-18-11(16)7-14(2)12(17)9-6-8(13)4-5-10(9)15/h4-6,15H,3,7H2,1-2H3. The number of hydrogen-bond acceptors (Lipinski definition) is 4. The molecule has 5 nitrogen and oxygen atoms in total. The van der Waals surface area contributed by atoms with Gasteiger partial charge in [0.2, 0.25) is 0 Å².